The Morgan fingerprint density at radius 2 is 2.00 bits per heavy atom. The zero-order valence-electron chi connectivity index (χ0n) is 11.4. The first-order chi connectivity index (χ1) is 8.47. The molecule has 18 heavy (non-hydrogen) atoms. The van der Waals surface area contributed by atoms with Crippen molar-refractivity contribution in [1.82, 2.24) is 0 Å². The first-order valence-corrected chi connectivity index (χ1v) is 6.00. The third-order valence-corrected chi connectivity index (χ3v) is 3.18. The number of ether oxygens (including phenoxy) is 1. The highest BCUT2D eigenvalue weighted by atomic mass is 16.5. The minimum atomic E-state index is -0.895. The van der Waals surface area contributed by atoms with Crippen molar-refractivity contribution in [2.24, 2.45) is 0 Å². The molecule has 0 bridgehead atoms. The Bertz CT molecular complexity index is 473. The fourth-order valence-corrected chi connectivity index (χ4v) is 2.14. The monoisotopic (exact) mass is 248 g/mol. The van der Waals surface area contributed by atoms with Crippen LogP contribution in [0.5, 0.6) is 5.75 Å². The molecule has 0 saturated heterocycles. The quantitative estimate of drug-likeness (QED) is 0.814. The van der Waals surface area contributed by atoms with E-state index in [9.17, 15) is 4.79 Å². The Kier molecular flexibility index (Phi) is 4.95. The van der Waals surface area contributed by atoms with Crippen molar-refractivity contribution in [2.75, 3.05) is 7.11 Å². The lowest BCUT2D eigenvalue weighted by Crippen LogP contribution is -1.99. The molecule has 0 radical (unpaired) electrons. The van der Waals surface area contributed by atoms with E-state index in [1.54, 1.807) is 13.2 Å². The summed E-state index contributed by atoms with van der Waals surface area (Å²) in [5.41, 5.74) is 4.76. The van der Waals surface area contributed by atoms with Crippen LogP contribution in [0, 0.1) is 20.8 Å². The van der Waals surface area contributed by atoms with Gasteiger partial charge in [0.1, 0.15) is 5.75 Å². The second-order valence-corrected chi connectivity index (χ2v) is 4.42. The van der Waals surface area contributed by atoms with E-state index < -0.39 is 5.97 Å². The number of benzene rings is 1. The Hall–Kier alpha value is -1.77. The van der Waals surface area contributed by atoms with E-state index in [0.717, 1.165) is 29.7 Å². The van der Waals surface area contributed by atoms with Gasteiger partial charge >= 0.3 is 5.97 Å². The molecule has 0 spiro atoms. The van der Waals surface area contributed by atoms with Gasteiger partial charge in [0, 0.05) is 6.08 Å². The lowest BCUT2D eigenvalue weighted by atomic mass is 9.95. The Labute approximate surface area is 108 Å². The topological polar surface area (TPSA) is 46.5 Å². The van der Waals surface area contributed by atoms with Gasteiger partial charge < -0.3 is 9.84 Å². The number of carboxylic acid groups (broad SMARTS) is 1. The van der Waals surface area contributed by atoms with Crippen LogP contribution in [0.1, 0.15) is 28.7 Å². The Morgan fingerprint density at radius 3 is 2.56 bits per heavy atom. The highest BCUT2D eigenvalue weighted by molar-refractivity contribution is 5.79. The van der Waals surface area contributed by atoms with Gasteiger partial charge in [-0.2, -0.15) is 0 Å². The SMILES string of the molecule is COc1c(C)cc(CC/C=C/C(=O)O)c(C)c1C. The molecule has 0 aliphatic rings. The first-order valence-electron chi connectivity index (χ1n) is 6.00. The normalized spacial score (nSPS) is 10.9. The van der Waals surface area contributed by atoms with Gasteiger partial charge in [0.15, 0.2) is 0 Å². The van der Waals surface area contributed by atoms with Gasteiger partial charge in [0.05, 0.1) is 7.11 Å². The largest absolute Gasteiger partial charge is 0.496 e. The van der Waals surface area contributed by atoms with E-state index in [4.69, 9.17) is 9.84 Å². The van der Waals surface area contributed by atoms with Crippen LogP contribution in [0.3, 0.4) is 0 Å². The number of carboxylic acids is 1. The molecule has 3 heteroatoms. The van der Waals surface area contributed by atoms with E-state index in [-0.39, 0.29) is 0 Å². The molecule has 0 aliphatic carbocycles. The van der Waals surface area contributed by atoms with Gasteiger partial charge in [-0.05, 0) is 55.9 Å². The summed E-state index contributed by atoms with van der Waals surface area (Å²) in [5, 5.41) is 8.52. The first kappa shape index (κ1) is 14.3. The number of methoxy groups -OCH3 is 1. The Morgan fingerprint density at radius 1 is 1.33 bits per heavy atom. The second kappa shape index (κ2) is 6.24. The number of allylic oxidation sites excluding steroid dienone is 1. The number of aliphatic carboxylic acids is 1. The summed E-state index contributed by atoms with van der Waals surface area (Å²) in [6, 6.07) is 2.12. The van der Waals surface area contributed by atoms with Gasteiger partial charge in [-0.1, -0.05) is 12.1 Å². The van der Waals surface area contributed by atoms with E-state index in [1.807, 2.05) is 6.92 Å². The molecule has 0 amide bonds. The zero-order chi connectivity index (χ0) is 13.7. The summed E-state index contributed by atoms with van der Waals surface area (Å²) in [5.74, 6) is 0.0474. The highest BCUT2D eigenvalue weighted by Gasteiger charge is 2.09. The molecule has 0 atom stereocenters. The van der Waals surface area contributed by atoms with E-state index in [2.05, 4.69) is 19.9 Å². The lowest BCUT2D eigenvalue weighted by molar-refractivity contribution is -0.131. The second-order valence-electron chi connectivity index (χ2n) is 4.42. The standard InChI is InChI=1S/C15H20O3/c1-10-9-13(7-5-6-8-14(16)17)11(2)12(3)15(10)18-4/h6,8-9H,5,7H2,1-4H3,(H,16,17)/b8-6+. The van der Waals surface area contributed by atoms with Gasteiger partial charge in [0.25, 0.3) is 0 Å². The van der Waals surface area contributed by atoms with Gasteiger partial charge in [-0.25, -0.2) is 4.79 Å². The van der Waals surface area contributed by atoms with Crippen molar-refractivity contribution in [2.45, 2.75) is 33.6 Å². The summed E-state index contributed by atoms with van der Waals surface area (Å²) in [7, 11) is 1.68. The molecular weight excluding hydrogens is 228 g/mol. The molecule has 0 fully saturated rings. The summed E-state index contributed by atoms with van der Waals surface area (Å²) in [6.07, 6.45) is 4.47. The maximum absolute atomic E-state index is 10.4. The molecular formula is C15H20O3. The van der Waals surface area contributed by atoms with Crippen LogP contribution < -0.4 is 4.74 Å². The van der Waals surface area contributed by atoms with Crippen molar-refractivity contribution in [1.29, 1.82) is 0 Å². The van der Waals surface area contributed by atoms with Crippen LogP contribution in [-0.2, 0) is 11.2 Å². The van der Waals surface area contributed by atoms with Crippen LogP contribution in [0.2, 0.25) is 0 Å². The molecule has 1 N–H and O–H groups in total. The molecule has 0 heterocycles. The average Bonchev–Trinajstić information content (AvgIpc) is 2.31. The predicted octanol–water partition coefficient (Wildman–Crippen LogP) is 3.19. The molecule has 1 aromatic carbocycles. The van der Waals surface area contributed by atoms with Crippen molar-refractivity contribution in [3.05, 3.63) is 40.5 Å². The van der Waals surface area contributed by atoms with E-state index in [1.165, 1.54) is 17.2 Å². The van der Waals surface area contributed by atoms with Crippen molar-refractivity contribution >= 4 is 5.97 Å². The van der Waals surface area contributed by atoms with Crippen molar-refractivity contribution in [3.63, 3.8) is 0 Å². The average molecular weight is 248 g/mol. The summed E-state index contributed by atoms with van der Waals surface area (Å²) in [6.45, 7) is 6.16. The van der Waals surface area contributed by atoms with Gasteiger partial charge in [0.2, 0.25) is 0 Å². The third-order valence-electron chi connectivity index (χ3n) is 3.18. The number of hydrogen-bond donors (Lipinski definition) is 1. The minimum absolute atomic E-state index is 0.734. The molecule has 3 nitrogen and oxygen atoms in total. The third kappa shape index (κ3) is 3.36. The number of aryl methyl sites for hydroxylation is 2. The molecule has 0 aliphatic heterocycles. The van der Waals surface area contributed by atoms with E-state index >= 15 is 0 Å². The Balaban J connectivity index is 2.88. The van der Waals surface area contributed by atoms with Crippen LogP contribution in [0.15, 0.2) is 18.2 Å². The lowest BCUT2D eigenvalue weighted by Gasteiger charge is -2.15. The summed E-state index contributed by atoms with van der Waals surface area (Å²) in [4.78, 5) is 10.4. The summed E-state index contributed by atoms with van der Waals surface area (Å²) < 4.78 is 5.38. The van der Waals surface area contributed by atoms with Crippen LogP contribution in [0.4, 0.5) is 0 Å². The maximum Gasteiger partial charge on any atom is 0.327 e. The van der Waals surface area contributed by atoms with Crippen molar-refractivity contribution < 1.29 is 14.6 Å². The number of rotatable bonds is 5. The molecule has 98 valence electrons. The molecule has 0 aromatic heterocycles. The molecule has 1 aromatic rings. The number of carbonyl (C=O) groups is 1. The van der Waals surface area contributed by atoms with Crippen LogP contribution in [0.25, 0.3) is 0 Å². The fraction of sp³-hybridized carbons (Fsp3) is 0.400. The van der Waals surface area contributed by atoms with Crippen molar-refractivity contribution in [3.8, 4) is 5.75 Å². The number of hydrogen-bond acceptors (Lipinski definition) is 2. The van der Waals surface area contributed by atoms with E-state index in [0.29, 0.717) is 0 Å². The molecule has 1 rings (SSSR count). The predicted molar refractivity (Wildman–Crippen MR) is 72.3 cm³/mol. The van der Waals surface area contributed by atoms with Gasteiger partial charge in [-0.3, -0.25) is 0 Å². The maximum atomic E-state index is 10.4. The van der Waals surface area contributed by atoms with Crippen LogP contribution >= 0.6 is 0 Å². The minimum Gasteiger partial charge on any atom is -0.496 e. The highest BCUT2D eigenvalue weighted by Crippen LogP contribution is 2.29. The summed E-state index contributed by atoms with van der Waals surface area (Å²) >= 11 is 0. The van der Waals surface area contributed by atoms with Crippen LogP contribution in [-0.4, -0.2) is 18.2 Å². The molecule has 0 saturated carbocycles. The van der Waals surface area contributed by atoms with Gasteiger partial charge in [-0.15, -0.1) is 0 Å². The molecule has 0 unspecified atom stereocenters. The fourth-order valence-electron chi connectivity index (χ4n) is 2.14. The smallest absolute Gasteiger partial charge is 0.327 e. The zero-order valence-corrected chi connectivity index (χ0v) is 11.4.